The summed E-state index contributed by atoms with van der Waals surface area (Å²) in [5.74, 6) is 0.655. The van der Waals surface area contributed by atoms with Crippen molar-refractivity contribution in [2.75, 3.05) is 19.7 Å². The lowest BCUT2D eigenvalue weighted by molar-refractivity contribution is 0.200. The van der Waals surface area contributed by atoms with Crippen LogP contribution >= 0.6 is 11.3 Å². The SMILES string of the molecule is C=CCN(CCO)Cc1nc2sc3c(c2c(=O)[nH]1)CCC3. The van der Waals surface area contributed by atoms with E-state index in [-0.39, 0.29) is 12.2 Å². The number of aliphatic hydroxyl groups is 1. The van der Waals surface area contributed by atoms with Crippen LogP contribution in [0.3, 0.4) is 0 Å². The summed E-state index contributed by atoms with van der Waals surface area (Å²) in [6.07, 6.45) is 4.98. The van der Waals surface area contributed by atoms with Crippen LogP contribution in [0.15, 0.2) is 17.4 Å². The van der Waals surface area contributed by atoms with Gasteiger partial charge in [-0.3, -0.25) is 9.69 Å². The van der Waals surface area contributed by atoms with Gasteiger partial charge in [0.15, 0.2) is 0 Å². The molecule has 6 heteroatoms. The number of hydrogen-bond acceptors (Lipinski definition) is 5. The van der Waals surface area contributed by atoms with Crippen molar-refractivity contribution in [1.82, 2.24) is 14.9 Å². The first kappa shape index (κ1) is 14.4. The van der Waals surface area contributed by atoms with Gasteiger partial charge < -0.3 is 10.1 Å². The molecule has 0 spiro atoms. The van der Waals surface area contributed by atoms with Crippen molar-refractivity contribution in [2.45, 2.75) is 25.8 Å². The minimum Gasteiger partial charge on any atom is -0.395 e. The highest BCUT2D eigenvalue weighted by Crippen LogP contribution is 2.34. The second-order valence-electron chi connectivity index (χ2n) is 5.30. The van der Waals surface area contributed by atoms with Gasteiger partial charge >= 0.3 is 0 Å². The minimum absolute atomic E-state index is 0.0306. The van der Waals surface area contributed by atoms with E-state index in [2.05, 4.69) is 16.5 Å². The van der Waals surface area contributed by atoms with Gasteiger partial charge in [-0.25, -0.2) is 4.98 Å². The molecule has 0 saturated heterocycles. The van der Waals surface area contributed by atoms with Crippen molar-refractivity contribution >= 4 is 21.6 Å². The highest BCUT2D eigenvalue weighted by atomic mass is 32.1. The van der Waals surface area contributed by atoms with Crippen LogP contribution in [0.1, 0.15) is 22.7 Å². The van der Waals surface area contributed by atoms with Crippen molar-refractivity contribution in [3.63, 3.8) is 0 Å². The first-order chi connectivity index (χ1) is 10.2. The fourth-order valence-corrected chi connectivity index (χ4v) is 4.17. The predicted octanol–water partition coefficient (Wildman–Crippen LogP) is 1.45. The maximum atomic E-state index is 12.3. The number of nitrogens with zero attached hydrogens (tertiary/aromatic N) is 2. The highest BCUT2D eigenvalue weighted by Gasteiger charge is 2.21. The molecular formula is C15H19N3O2S. The average Bonchev–Trinajstić information content (AvgIpc) is 2.99. The monoisotopic (exact) mass is 305 g/mol. The third kappa shape index (κ3) is 2.79. The zero-order valence-electron chi connectivity index (χ0n) is 11.9. The molecule has 0 unspecified atom stereocenters. The summed E-state index contributed by atoms with van der Waals surface area (Å²) >= 11 is 1.65. The van der Waals surface area contributed by atoms with Crippen molar-refractivity contribution in [2.24, 2.45) is 0 Å². The van der Waals surface area contributed by atoms with Crippen molar-refractivity contribution < 1.29 is 5.11 Å². The van der Waals surface area contributed by atoms with E-state index in [4.69, 9.17) is 5.11 Å². The number of H-pyrrole nitrogens is 1. The molecule has 0 fully saturated rings. The number of nitrogens with one attached hydrogen (secondary N) is 1. The molecule has 0 radical (unpaired) electrons. The molecule has 2 aromatic rings. The average molecular weight is 305 g/mol. The Hall–Kier alpha value is -1.50. The molecule has 0 atom stereocenters. The molecule has 1 aliphatic carbocycles. The minimum atomic E-state index is -0.0306. The van der Waals surface area contributed by atoms with Crippen LogP contribution in [0.25, 0.3) is 10.2 Å². The number of rotatable bonds is 6. The number of aromatic nitrogens is 2. The smallest absolute Gasteiger partial charge is 0.259 e. The summed E-state index contributed by atoms with van der Waals surface area (Å²) in [5.41, 5.74) is 1.17. The Morgan fingerprint density at radius 1 is 1.48 bits per heavy atom. The molecule has 3 rings (SSSR count). The molecular weight excluding hydrogens is 286 g/mol. The van der Waals surface area contributed by atoms with E-state index in [1.165, 1.54) is 10.4 Å². The zero-order chi connectivity index (χ0) is 14.8. The predicted molar refractivity (Wildman–Crippen MR) is 84.8 cm³/mol. The maximum absolute atomic E-state index is 12.3. The zero-order valence-corrected chi connectivity index (χ0v) is 12.7. The lowest BCUT2D eigenvalue weighted by Gasteiger charge is -2.18. The van der Waals surface area contributed by atoms with Crippen LogP contribution in [0.4, 0.5) is 0 Å². The van der Waals surface area contributed by atoms with Crippen LogP contribution in [0.2, 0.25) is 0 Å². The summed E-state index contributed by atoms with van der Waals surface area (Å²) in [5, 5.41) is 9.87. The number of hydrogen-bond donors (Lipinski definition) is 2. The lowest BCUT2D eigenvalue weighted by Crippen LogP contribution is -2.28. The third-order valence-corrected chi connectivity index (χ3v) is 4.99. The lowest BCUT2D eigenvalue weighted by atomic mass is 10.2. The van der Waals surface area contributed by atoms with E-state index in [0.29, 0.717) is 25.5 Å². The molecule has 0 aliphatic heterocycles. The van der Waals surface area contributed by atoms with Gasteiger partial charge in [0.1, 0.15) is 10.7 Å². The van der Waals surface area contributed by atoms with Gasteiger partial charge in [-0.05, 0) is 24.8 Å². The van der Waals surface area contributed by atoms with Crippen LogP contribution < -0.4 is 5.56 Å². The molecule has 2 heterocycles. The largest absolute Gasteiger partial charge is 0.395 e. The molecule has 112 valence electrons. The van der Waals surface area contributed by atoms with E-state index in [1.54, 1.807) is 17.4 Å². The fourth-order valence-electron chi connectivity index (χ4n) is 2.89. The summed E-state index contributed by atoms with van der Waals surface area (Å²) in [7, 11) is 0. The Bertz CT molecular complexity index is 720. The summed E-state index contributed by atoms with van der Waals surface area (Å²) in [6, 6.07) is 0. The van der Waals surface area contributed by atoms with Crippen molar-refractivity contribution in [1.29, 1.82) is 0 Å². The van der Waals surface area contributed by atoms with Gasteiger partial charge in [0.2, 0.25) is 0 Å². The quantitative estimate of drug-likeness (QED) is 0.793. The molecule has 5 nitrogen and oxygen atoms in total. The van der Waals surface area contributed by atoms with Crippen LogP contribution in [-0.4, -0.2) is 39.7 Å². The molecule has 0 saturated carbocycles. The van der Waals surface area contributed by atoms with E-state index in [1.807, 2.05) is 4.90 Å². The van der Waals surface area contributed by atoms with Crippen LogP contribution in [-0.2, 0) is 19.4 Å². The van der Waals surface area contributed by atoms with Crippen molar-refractivity contribution in [3.05, 3.63) is 39.3 Å². The third-order valence-electron chi connectivity index (χ3n) is 3.80. The van der Waals surface area contributed by atoms with Gasteiger partial charge in [0.25, 0.3) is 5.56 Å². The number of aryl methyl sites for hydroxylation is 2. The molecule has 0 aromatic carbocycles. The summed E-state index contributed by atoms with van der Waals surface area (Å²) in [4.78, 5) is 24.0. The van der Waals surface area contributed by atoms with E-state index in [0.717, 1.165) is 29.5 Å². The first-order valence-electron chi connectivity index (χ1n) is 7.20. The Morgan fingerprint density at radius 3 is 3.10 bits per heavy atom. The van der Waals surface area contributed by atoms with Gasteiger partial charge in [0.05, 0.1) is 18.5 Å². The second-order valence-corrected chi connectivity index (χ2v) is 6.38. The van der Waals surface area contributed by atoms with Gasteiger partial charge in [-0.2, -0.15) is 0 Å². The summed E-state index contributed by atoms with van der Waals surface area (Å²) < 4.78 is 0. The number of thiophene rings is 1. The molecule has 2 aromatic heterocycles. The second kappa shape index (κ2) is 6.09. The van der Waals surface area contributed by atoms with E-state index in [9.17, 15) is 4.79 Å². The molecule has 21 heavy (non-hydrogen) atoms. The molecule has 0 amide bonds. The standard InChI is InChI=1S/C15H19N3O2S/c1-2-6-18(7-8-19)9-12-16-14(20)13-10-4-3-5-11(10)21-15(13)17-12/h2,19H,1,3-9H2,(H,16,17,20). The van der Waals surface area contributed by atoms with E-state index >= 15 is 0 Å². The Morgan fingerprint density at radius 2 is 2.33 bits per heavy atom. The fraction of sp³-hybridized carbons (Fsp3) is 0.467. The van der Waals surface area contributed by atoms with Crippen LogP contribution in [0, 0.1) is 0 Å². The van der Waals surface area contributed by atoms with Crippen LogP contribution in [0.5, 0.6) is 0 Å². The highest BCUT2D eigenvalue weighted by molar-refractivity contribution is 7.18. The molecule has 0 bridgehead atoms. The summed E-state index contributed by atoms with van der Waals surface area (Å²) in [6.45, 7) is 5.50. The topological polar surface area (TPSA) is 69.2 Å². The molecule has 1 aliphatic rings. The molecule has 2 N–H and O–H groups in total. The normalized spacial score (nSPS) is 14.0. The Labute approximate surface area is 126 Å². The van der Waals surface area contributed by atoms with E-state index < -0.39 is 0 Å². The first-order valence-corrected chi connectivity index (χ1v) is 8.02. The van der Waals surface area contributed by atoms with Gasteiger partial charge in [-0.15, -0.1) is 17.9 Å². The van der Waals surface area contributed by atoms with Gasteiger partial charge in [0, 0.05) is 18.0 Å². The Balaban J connectivity index is 1.93. The number of aliphatic hydroxyl groups excluding tert-OH is 1. The number of fused-ring (bicyclic) bond motifs is 3. The Kier molecular flexibility index (Phi) is 4.19. The number of aromatic amines is 1. The van der Waals surface area contributed by atoms with Gasteiger partial charge in [-0.1, -0.05) is 6.08 Å². The van der Waals surface area contributed by atoms with Crippen molar-refractivity contribution in [3.8, 4) is 0 Å². The maximum Gasteiger partial charge on any atom is 0.259 e.